The number of rotatable bonds is 5. The lowest BCUT2D eigenvalue weighted by Crippen LogP contribution is -2.38. The number of thiazole rings is 1. The van der Waals surface area contributed by atoms with Crippen LogP contribution in [0.5, 0.6) is 0 Å². The summed E-state index contributed by atoms with van der Waals surface area (Å²) in [7, 11) is 2.01. The zero-order valence-corrected chi connectivity index (χ0v) is 10.8. The van der Waals surface area contributed by atoms with Crippen molar-refractivity contribution in [1.29, 1.82) is 0 Å². The minimum Gasteiger partial charge on any atom is -0.389 e. The molecule has 1 rings (SSSR count). The molecule has 1 aromatic rings. The summed E-state index contributed by atoms with van der Waals surface area (Å²) in [5.41, 5.74) is 0.492. The first kappa shape index (κ1) is 12.6. The van der Waals surface area contributed by atoms with Gasteiger partial charge in [0.05, 0.1) is 16.3 Å². The van der Waals surface area contributed by atoms with Gasteiger partial charge in [0, 0.05) is 18.5 Å². The minimum atomic E-state index is -0.597. The molecule has 1 N–H and O–H groups in total. The Balaban J connectivity index is 2.46. The van der Waals surface area contributed by atoms with Crippen LogP contribution in [0.1, 0.15) is 31.0 Å². The SMILES string of the molecule is CCC(C)(O)CN(C)Cc1csc(C)n1. The fraction of sp³-hybridized carbons (Fsp3) is 0.727. The van der Waals surface area contributed by atoms with Gasteiger partial charge in [-0.25, -0.2) is 4.98 Å². The van der Waals surface area contributed by atoms with Gasteiger partial charge in [-0.15, -0.1) is 11.3 Å². The van der Waals surface area contributed by atoms with E-state index in [2.05, 4.69) is 15.3 Å². The van der Waals surface area contributed by atoms with Crippen LogP contribution in [0.3, 0.4) is 0 Å². The van der Waals surface area contributed by atoms with E-state index in [1.54, 1.807) is 11.3 Å². The molecule has 15 heavy (non-hydrogen) atoms. The highest BCUT2D eigenvalue weighted by Gasteiger charge is 2.20. The van der Waals surface area contributed by atoms with Gasteiger partial charge in [-0.1, -0.05) is 6.92 Å². The smallest absolute Gasteiger partial charge is 0.0897 e. The molecule has 0 saturated heterocycles. The first-order valence-corrected chi connectivity index (χ1v) is 6.13. The summed E-state index contributed by atoms with van der Waals surface area (Å²) >= 11 is 1.67. The van der Waals surface area contributed by atoms with E-state index < -0.39 is 5.60 Å². The van der Waals surface area contributed by atoms with Crippen LogP contribution in [-0.2, 0) is 6.54 Å². The number of likely N-dealkylation sites (N-methyl/N-ethyl adjacent to an activating group) is 1. The average molecular weight is 228 g/mol. The van der Waals surface area contributed by atoms with Crippen LogP contribution < -0.4 is 0 Å². The highest BCUT2D eigenvalue weighted by Crippen LogP contribution is 2.13. The van der Waals surface area contributed by atoms with Gasteiger partial charge in [-0.3, -0.25) is 4.90 Å². The van der Waals surface area contributed by atoms with Crippen molar-refractivity contribution in [3.63, 3.8) is 0 Å². The Morgan fingerprint density at radius 3 is 2.73 bits per heavy atom. The highest BCUT2D eigenvalue weighted by atomic mass is 32.1. The van der Waals surface area contributed by atoms with Crippen LogP contribution >= 0.6 is 11.3 Å². The lowest BCUT2D eigenvalue weighted by atomic mass is 10.0. The standard InChI is InChI=1S/C11H20N2OS/c1-5-11(3,14)8-13(4)6-10-7-15-9(2)12-10/h7,14H,5-6,8H2,1-4H3. The fourth-order valence-corrected chi connectivity index (χ4v) is 2.11. The molecule has 0 amide bonds. The maximum atomic E-state index is 9.92. The second kappa shape index (κ2) is 5.05. The van der Waals surface area contributed by atoms with Crippen molar-refractivity contribution in [2.45, 2.75) is 39.3 Å². The largest absolute Gasteiger partial charge is 0.389 e. The number of hydrogen-bond acceptors (Lipinski definition) is 4. The number of aliphatic hydroxyl groups is 1. The summed E-state index contributed by atoms with van der Waals surface area (Å²) < 4.78 is 0. The van der Waals surface area contributed by atoms with Gasteiger partial charge < -0.3 is 5.11 Å². The van der Waals surface area contributed by atoms with Crippen LogP contribution in [0.4, 0.5) is 0 Å². The summed E-state index contributed by atoms with van der Waals surface area (Å²) in [5.74, 6) is 0. The van der Waals surface area contributed by atoms with Gasteiger partial charge in [0.1, 0.15) is 0 Å². The third-order valence-corrected chi connectivity index (χ3v) is 3.29. The molecule has 0 radical (unpaired) electrons. The van der Waals surface area contributed by atoms with E-state index in [1.807, 2.05) is 27.8 Å². The van der Waals surface area contributed by atoms with Crippen molar-refractivity contribution in [3.05, 3.63) is 16.1 Å². The summed E-state index contributed by atoms with van der Waals surface area (Å²) in [6.45, 7) is 7.37. The van der Waals surface area contributed by atoms with Gasteiger partial charge >= 0.3 is 0 Å². The van der Waals surface area contributed by atoms with E-state index >= 15 is 0 Å². The Morgan fingerprint density at radius 1 is 1.60 bits per heavy atom. The minimum absolute atomic E-state index is 0.597. The van der Waals surface area contributed by atoms with Gasteiger partial charge in [0.15, 0.2) is 0 Å². The normalized spacial score (nSPS) is 15.6. The van der Waals surface area contributed by atoms with Crippen molar-refractivity contribution >= 4 is 11.3 Å². The van der Waals surface area contributed by atoms with Crippen molar-refractivity contribution in [3.8, 4) is 0 Å². The van der Waals surface area contributed by atoms with Crippen LogP contribution in [0.25, 0.3) is 0 Å². The molecular weight excluding hydrogens is 208 g/mol. The van der Waals surface area contributed by atoms with Gasteiger partial charge in [-0.2, -0.15) is 0 Å². The summed E-state index contributed by atoms with van der Waals surface area (Å²) in [6.07, 6.45) is 0.771. The average Bonchev–Trinajstić information content (AvgIpc) is 2.50. The predicted molar refractivity (Wildman–Crippen MR) is 64.1 cm³/mol. The fourth-order valence-electron chi connectivity index (χ4n) is 1.51. The Kier molecular flexibility index (Phi) is 4.25. The lowest BCUT2D eigenvalue weighted by Gasteiger charge is -2.27. The van der Waals surface area contributed by atoms with E-state index in [0.29, 0.717) is 6.54 Å². The number of hydrogen-bond donors (Lipinski definition) is 1. The van der Waals surface area contributed by atoms with Crippen LogP contribution in [-0.4, -0.2) is 34.2 Å². The number of nitrogens with zero attached hydrogens (tertiary/aromatic N) is 2. The van der Waals surface area contributed by atoms with E-state index in [9.17, 15) is 5.11 Å². The molecule has 1 unspecified atom stereocenters. The molecule has 4 heteroatoms. The molecule has 0 fully saturated rings. The van der Waals surface area contributed by atoms with E-state index in [1.165, 1.54) is 0 Å². The molecule has 86 valence electrons. The maximum Gasteiger partial charge on any atom is 0.0897 e. The van der Waals surface area contributed by atoms with Gasteiger partial charge in [0.2, 0.25) is 0 Å². The molecule has 0 spiro atoms. The summed E-state index contributed by atoms with van der Waals surface area (Å²) in [6, 6.07) is 0. The zero-order valence-electron chi connectivity index (χ0n) is 9.95. The Bertz CT molecular complexity index is 309. The first-order valence-electron chi connectivity index (χ1n) is 5.25. The maximum absolute atomic E-state index is 9.92. The summed E-state index contributed by atoms with van der Waals surface area (Å²) in [4.78, 5) is 6.51. The molecule has 1 aromatic heterocycles. The van der Waals surface area contributed by atoms with Crippen molar-refractivity contribution in [1.82, 2.24) is 9.88 Å². The van der Waals surface area contributed by atoms with Crippen molar-refractivity contribution in [2.24, 2.45) is 0 Å². The Hall–Kier alpha value is -0.450. The molecule has 0 aliphatic heterocycles. The van der Waals surface area contributed by atoms with E-state index in [-0.39, 0.29) is 0 Å². The summed E-state index contributed by atoms with van der Waals surface area (Å²) in [5, 5.41) is 13.1. The molecule has 0 bridgehead atoms. The molecule has 0 aliphatic rings. The molecule has 1 atom stereocenters. The Morgan fingerprint density at radius 2 is 2.27 bits per heavy atom. The van der Waals surface area contributed by atoms with E-state index in [0.717, 1.165) is 23.7 Å². The van der Waals surface area contributed by atoms with Crippen molar-refractivity contribution in [2.75, 3.05) is 13.6 Å². The molecule has 0 aliphatic carbocycles. The van der Waals surface area contributed by atoms with Crippen LogP contribution in [0.15, 0.2) is 5.38 Å². The topological polar surface area (TPSA) is 36.4 Å². The first-order chi connectivity index (χ1) is 6.93. The monoisotopic (exact) mass is 228 g/mol. The highest BCUT2D eigenvalue weighted by molar-refractivity contribution is 7.09. The number of aryl methyl sites for hydroxylation is 1. The second-order valence-corrected chi connectivity index (χ2v) is 5.44. The Labute approximate surface area is 95.8 Å². The van der Waals surface area contributed by atoms with Gasteiger partial charge in [-0.05, 0) is 27.3 Å². The second-order valence-electron chi connectivity index (χ2n) is 4.38. The molecular formula is C11H20N2OS. The predicted octanol–water partition coefficient (Wildman–Crippen LogP) is 2.04. The van der Waals surface area contributed by atoms with Gasteiger partial charge in [0.25, 0.3) is 0 Å². The third-order valence-electron chi connectivity index (χ3n) is 2.47. The number of aromatic nitrogens is 1. The lowest BCUT2D eigenvalue weighted by molar-refractivity contribution is 0.0215. The zero-order chi connectivity index (χ0) is 11.5. The molecule has 1 heterocycles. The molecule has 0 saturated carbocycles. The van der Waals surface area contributed by atoms with Crippen LogP contribution in [0.2, 0.25) is 0 Å². The van der Waals surface area contributed by atoms with E-state index in [4.69, 9.17) is 0 Å². The van der Waals surface area contributed by atoms with Crippen LogP contribution in [0, 0.1) is 6.92 Å². The quantitative estimate of drug-likeness (QED) is 0.838. The third kappa shape index (κ3) is 4.28. The van der Waals surface area contributed by atoms with Crippen molar-refractivity contribution < 1.29 is 5.11 Å². The molecule has 3 nitrogen and oxygen atoms in total. The molecule has 0 aromatic carbocycles.